The summed E-state index contributed by atoms with van der Waals surface area (Å²) in [5.41, 5.74) is -0.190. The van der Waals surface area contributed by atoms with Crippen LogP contribution in [-0.4, -0.2) is 23.7 Å². The molecule has 3 aliphatic rings. The van der Waals surface area contributed by atoms with E-state index in [1.54, 1.807) is 0 Å². The highest BCUT2D eigenvalue weighted by Crippen LogP contribution is 2.69. The van der Waals surface area contributed by atoms with Gasteiger partial charge in [0.25, 0.3) is 0 Å². The Hall–Kier alpha value is 0.135. The molecule has 2 nitrogen and oxygen atoms in total. The van der Waals surface area contributed by atoms with Gasteiger partial charge >= 0.3 is 7.12 Å². The van der Waals surface area contributed by atoms with Crippen LogP contribution in [0, 0.1) is 16.7 Å². The Bertz CT molecular complexity index is 513. The Labute approximate surface area is 142 Å². The zero-order valence-corrected chi connectivity index (χ0v) is 16.1. The molecule has 0 aromatic carbocycles. The third-order valence-corrected chi connectivity index (χ3v) is 8.14. The molecular weight excluding hydrogens is 346 g/mol. The van der Waals surface area contributed by atoms with Gasteiger partial charge in [0, 0.05) is 10.7 Å². The summed E-state index contributed by atoms with van der Waals surface area (Å²) in [6.45, 7) is 12.4. The van der Waals surface area contributed by atoms with Gasteiger partial charge in [0.15, 0.2) is 0 Å². The van der Waals surface area contributed by atoms with Crippen molar-refractivity contribution < 1.29 is 13.7 Å². The second kappa shape index (κ2) is 4.83. The number of hydrogen-bond donors (Lipinski definition) is 0. The number of hydrogen-bond acceptors (Lipinski definition) is 2. The molecule has 124 valence electrons. The van der Waals surface area contributed by atoms with E-state index in [4.69, 9.17) is 9.31 Å². The van der Waals surface area contributed by atoms with E-state index in [0.717, 1.165) is 23.7 Å². The highest BCUT2D eigenvalue weighted by molar-refractivity contribution is 9.09. The predicted molar refractivity (Wildman–Crippen MR) is 91.6 cm³/mol. The summed E-state index contributed by atoms with van der Waals surface area (Å²) in [7, 11) is -0.855. The van der Waals surface area contributed by atoms with E-state index in [9.17, 15) is 0 Å². The summed E-state index contributed by atoms with van der Waals surface area (Å²) in [6.07, 6.45) is 3.09. The van der Waals surface area contributed by atoms with Crippen LogP contribution in [0.25, 0.3) is 0 Å². The minimum absolute atomic E-state index is 0.0919. The predicted octanol–water partition coefficient (Wildman–Crippen LogP) is 5.06. The van der Waals surface area contributed by atoms with Crippen LogP contribution in [0.2, 0.25) is 0 Å². The first kappa shape index (κ1) is 17.0. The molecular formula is C17H27BBrFO2. The highest BCUT2D eigenvalue weighted by Gasteiger charge is 2.63. The van der Waals surface area contributed by atoms with E-state index >= 15 is 4.39 Å². The molecule has 0 radical (unpaired) electrons. The third-order valence-electron chi connectivity index (χ3n) is 7.18. The molecule has 5 heteroatoms. The van der Waals surface area contributed by atoms with Gasteiger partial charge in [-0.25, -0.2) is 4.39 Å². The number of halogens is 2. The van der Waals surface area contributed by atoms with Gasteiger partial charge in [-0.3, -0.25) is 0 Å². The fourth-order valence-corrected chi connectivity index (χ4v) is 5.91. The van der Waals surface area contributed by atoms with Crippen LogP contribution in [0.15, 0.2) is 11.3 Å². The summed E-state index contributed by atoms with van der Waals surface area (Å²) in [5, 5.41) is 0.811. The molecule has 0 spiro atoms. The SMILES string of the molecule is CC1(C)OB(C(F)=C2CC3CCC2(CBr)C3(C)C)OC1(C)C. The maximum atomic E-state index is 15.3. The Morgan fingerprint density at radius 1 is 1.18 bits per heavy atom. The van der Waals surface area contributed by atoms with Crippen LogP contribution in [0.3, 0.4) is 0 Å². The monoisotopic (exact) mass is 372 g/mol. The molecule has 0 N–H and O–H groups in total. The summed E-state index contributed by atoms with van der Waals surface area (Å²) in [4.78, 5) is 0. The van der Waals surface area contributed by atoms with Crippen LogP contribution in [0.1, 0.15) is 60.8 Å². The van der Waals surface area contributed by atoms with Gasteiger partial charge in [-0.2, -0.15) is 0 Å². The molecule has 2 saturated carbocycles. The number of fused-ring (bicyclic) bond motifs is 2. The molecule has 3 fully saturated rings. The Morgan fingerprint density at radius 2 is 1.73 bits per heavy atom. The lowest BCUT2D eigenvalue weighted by atomic mass is 9.66. The summed E-state index contributed by atoms with van der Waals surface area (Å²) >= 11 is 3.68. The quantitative estimate of drug-likeness (QED) is 0.498. The molecule has 0 aromatic heterocycles. The van der Waals surface area contributed by atoms with E-state index in [0.29, 0.717) is 5.92 Å². The molecule has 0 aromatic rings. The molecule has 22 heavy (non-hydrogen) atoms. The Morgan fingerprint density at radius 3 is 2.18 bits per heavy atom. The van der Waals surface area contributed by atoms with E-state index in [-0.39, 0.29) is 16.6 Å². The Kier molecular flexibility index (Phi) is 3.72. The lowest BCUT2D eigenvalue weighted by Gasteiger charge is -2.38. The molecule has 2 bridgehead atoms. The molecule has 1 saturated heterocycles. The first-order valence-electron chi connectivity index (χ1n) is 8.29. The van der Waals surface area contributed by atoms with Crippen molar-refractivity contribution in [3.8, 4) is 0 Å². The fraction of sp³-hybridized carbons (Fsp3) is 0.882. The largest absolute Gasteiger partial charge is 0.525 e. The van der Waals surface area contributed by atoms with Gasteiger partial charge in [0.2, 0.25) is 0 Å². The third kappa shape index (κ3) is 1.97. The van der Waals surface area contributed by atoms with E-state index in [1.165, 1.54) is 6.42 Å². The lowest BCUT2D eigenvalue weighted by molar-refractivity contribution is 0.00578. The van der Waals surface area contributed by atoms with E-state index in [1.807, 2.05) is 27.7 Å². The standard InChI is InChI=1S/C17H27BBrFO2/c1-14(2)11-7-8-17(14,10-19)12(9-11)13(20)18-21-15(3,4)16(5,6)22-18/h11H,7-10H2,1-6H3. The average molecular weight is 373 g/mol. The van der Waals surface area contributed by atoms with Gasteiger partial charge in [0.1, 0.15) is 5.73 Å². The van der Waals surface area contributed by atoms with Crippen molar-refractivity contribution in [3.63, 3.8) is 0 Å². The van der Waals surface area contributed by atoms with Crippen molar-refractivity contribution in [2.45, 2.75) is 72.0 Å². The Balaban J connectivity index is 1.99. The first-order chi connectivity index (χ1) is 9.98. The van der Waals surface area contributed by atoms with Crippen LogP contribution < -0.4 is 0 Å². The van der Waals surface area contributed by atoms with Gasteiger partial charge in [-0.05, 0) is 63.9 Å². The van der Waals surface area contributed by atoms with Crippen molar-refractivity contribution in [3.05, 3.63) is 11.3 Å². The second-order valence-electron chi connectivity index (χ2n) is 8.79. The number of rotatable bonds is 2. The van der Waals surface area contributed by atoms with E-state index in [2.05, 4.69) is 29.8 Å². The summed E-state index contributed by atoms with van der Waals surface area (Å²) < 4.78 is 27.2. The smallest absolute Gasteiger partial charge is 0.398 e. The van der Waals surface area contributed by atoms with Crippen LogP contribution in [0.5, 0.6) is 0 Å². The molecule has 1 aliphatic heterocycles. The van der Waals surface area contributed by atoms with Crippen molar-refractivity contribution in [1.82, 2.24) is 0 Å². The van der Waals surface area contributed by atoms with Gasteiger partial charge in [0.05, 0.1) is 11.2 Å². The molecule has 3 rings (SSSR count). The van der Waals surface area contributed by atoms with Crippen molar-refractivity contribution >= 4 is 23.0 Å². The molecule has 2 unspecified atom stereocenters. The van der Waals surface area contributed by atoms with Crippen molar-refractivity contribution in [2.24, 2.45) is 16.7 Å². The zero-order valence-electron chi connectivity index (χ0n) is 14.6. The van der Waals surface area contributed by atoms with Crippen LogP contribution >= 0.6 is 15.9 Å². The molecule has 2 atom stereocenters. The van der Waals surface area contributed by atoms with Gasteiger partial charge in [-0.1, -0.05) is 29.8 Å². The zero-order chi connectivity index (χ0) is 16.6. The van der Waals surface area contributed by atoms with Gasteiger partial charge in [-0.15, -0.1) is 0 Å². The average Bonchev–Trinajstić information content (AvgIpc) is 2.89. The first-order valence-corrected chi connectivity index (χ1v) is 9.41. The molecule has 1 heterocycles. The normalized spacial score (nSPS) is 40.4. The maximum absolute atomic E-state index is 15.3. The maximum Gasteiger partial charge on any atom is 0.525 e. The van der Waals surface area contributed by atoms with Crippen LogP contribution in [-0.2, 0) is 9.31 Å². The highest BCUT2D eigenvalue weighted by atomic mass is 79.9. The van der Waals surface area contributed by atoms with Gasteiger partial charge < -0.3 is 9.31 Å². The fourth-order valence-electron chi connectivity index (χ4n) is 4.57. The summed E-state index contributed by atoms with van der Waals surface area (Å²) in [5.74, 6) is 0.563. The topological polar surface area (TPSA) is 18.5 Å². The summed E-state index contributed by atoms with van der Waals surface area (Å²) in [6, 6.07) is 0. The number of allylic oxidation sites excluding steroid dienone is 1. The van der Waals surface area contributed by atoms with Crippen LogP contribution in [0.4, 0.5) is 4.39 Å². The van der Waals surface area contributed by atoms with Crippen molar-refractivity contribution in [2.75, 3.05) is 5.33 Å². The number of alkyl halides is 1. The molecule has 0 amide bonds. The van der Waals surface area contributed by atoms with E-state index < -0.39 is 18.3 Å². The minimum Gasteiger partial charge on any atom is -0.398 e. The minimum atomic E-state index is -0.855. The lowest BCUT2D eigenvalue weighted by Crippen LogP contribution is -2.41. The van der Waals surface area contributed by atoms with Crippen molar-refractivity contribution in [1.29, 1.82) is 0 Å². The molecule has 2 aliphatic carbocycles. The second-order valence-corrected chi connectivity index (χ2v) is 9.35.